The minimum Gasteiger partial charge on any atom is -0.391 e. The largest absolute Gasteiger partial charge is 0.391 e. The summed E-state index contributed by atoms with van der Waals surface area (Å²) in [6.07, 6.45) is -0.813. The Morgan fingerprint density at radius 1 is 1.39 bits per heavy atom. The maximum absolute atomic E-state index is 12.2. The molecule has 0 saturated carbocycles. The van der Waals surface area contributed by atoms with E-state index in [2.05, 4.69) is 4.72 Å². The van der Waals surface area contributed by atoms with Crippen LogP contribution in [0.25, 0.3) is 0 Å². The Labute approximate surface area is 113 Å². The predicted octanol–water partition coefficient (Wildman–Crippen LogP) is 2.09. The van der Waals surface area contributed by atoms with E-state index < -0.39 is 21.7 Å². The van der Waals surface area contributed by atoms with Gasteiger partial charge in [-0.3, -0.25) is 0 Å². The van der Waals surface area contributed by atoms with Gasteiger partial charge in [0.25, 0.3) is 0 Å². The SMILES string of the molecule is Cc1ccc(Cl)cc1S(=O)(=O)NC(C)(C)C(C)O. The van der Waals surface area contributed by atoms with Crippen molar-refractivity contribution in [2.45, 2.75) is 44.2 Å². The van der Waals surface area contributed by atoms with Gasteiger partial charge in [0, 0.05) is 5.02 Å². The van der Waals surface area contributed by atoms with E-state index in [1.54, 1.807) is 32.9 Å². The van der Waals surface area contributed by atoms with Crippen LogP contribution in [-0.2, 0) is 10.0 Å². The third kappa shape index (κ3) is 3.45. The Morgan fingerprint density at radius 2 is 1.94 bits per heavy atom. The zero-order valence-corrected chi connectivity index (χ0v) is 12.4. The summed E-state index contributed by atoms with van der Waals surface area (Å²) < 4.78 is 27.0. The number of nitrogens with one attached hydrogen (secondary N) is 1. The molecule has 0 bridgehead atoms. The Bertz CT molecular complexity index is 538. The minimum atomic E-state index is -3.71. The van der Waals surface area contributed by atoms with Crippen LogP contribution in [0.1, 0.15) is 26.3 Å². The summed E-state index contributed by atoms with van der Waals surface area (Å²) in [5.74, 6) is 0. The Balaban J connectivity index is 3.19. The van der Waals surface area contributed by atoms with E-state index in [0.717, 1.165) is 0 Å². The second kappa shape index (κ2) is 5.17. The van der Waals surface area contributed by atoms with Crippen molar-refractivity contribution in [3.63, 3.8) is 0 Å². The molecule has 0 amide bonds. The van der Waals surface area contributed by atoms with Gasteiger partial charge in [0.2, 0.25) is 10.0 Å². The second-order valence-corrected chi connectivity index (χ2v) is 7.00. The molecule has 0 aromatic heterocycles. The standard InChI is InChI=1S/C12H18ClNO3S/c1-8-5-6-10(13)7-11(8)18(16,17)14-12(3,4)9(2)15/h5-7,9,14-15H,1-4H3. The maximum atomic E-state index is 12.2. The fourth-order valence-corrected chi connectivity index (χ4v) is 3.33. The lowest BCUT2D eigenvalue weighted by molar-refractivity contribution is 0.111. The summed E-state index contributed by atoms with van der Waals surface area (Å²) in [4.78, 5) is 0.128. The van der Waals surface area contributed by atoms with Crippen LogP contribution in [0.15, 0.2) is 23.1 Å². The van der Waals surface area contributed by atoms with Crippen molar-refractivity contribution < 1.29 is 13.5 Å². The lowest BCUT2D eigenvalue weighted by Crippen LogP contribution is -2.50. The molecule has 1 unspecified atom stereocenters. The van der Waals surface area contributed by atoms with Crippen LogP contribution in [0, 0.1) is 6.92 Å². The van der Waals surface area contributed by atoms with Gasteiger partial charge in [0.15, 0.2) is 0 Å². The highest BCUT2D eigenvalue weighted by atomic mass is 35.5. The highest BCUT2D eigenvalue weighted by molar-refractivity contribution is 7.89. The molecule has 2 N–H and O–H groups in total. The second-order valence-electron chi connectivity index (χ2n) is 4.91. The molecule has 0 aliphatic heterocycles. The van der Waals surface area contributed by atoms with Gasteiger partial charge in [-0.05, 0) is 45.4 Å². The van der Waals surface area contributed by atoms with Gasteiger partial charge in [-0.15, -0.1) is 0 Å². The van der Waals surface area contributed by atoms with Gasteiger partial charge in [0.05, 0.1) is 16.5 Å². The summed E-state index contributed by atoms with van der Waals surface area (Å²) in [6, 6.07) is 4.68. The summed E-state index contributed by atoms with van der Waals surface area (Å²) in [5, 5.41) is 9.92. The van der Waals surface area contributed by atoms with Crippen molar-refractivity contribution in [1.82, 2.24) is 4.72 Å². The number of aliphatic hydroxyl groups excluding tert-OH is 1. The fraction of sp³-hybridized carbons (Fsp3) is 0.500. The van der Waals surface area contributed by atoms with Crippen LogP contribution >= 0.6 is 11.6 Å². The molecular formula is C12H18ClNO3S. The maximum Gasteiger partial charge on any atom is 0.241 e. The summed E-state index contributed by atoms with van der Waals surface area (Å²) >= 11 is 5.82. The van der Waals surface area contributed by atoms with Crippen molar-refractivity contribution in [2.24, 2.45) is 0 Å². The number of aliphatic hydroxyl groups is 1. The first-order valence-electron chi connectivity index (χ1n) is 5.54. The first-order valence-corrected chi connectivity index (χ1v) is 7.40. The molecule has 1 rings (SSSR count). The van der Waals surface area contributed by atoms with Crippen LogP contribution in [0.2, 0.25) is 5.02 Å². The summed E-state index contributed by atoms with van der Waals surface area (Å²) in [6.45, 7) is 6.47. The van der Waals surface area contributed by atoms with Crippen LogP contribution < -0.4 is 4.72 Å². The highest BCUT2D eigenvalue weighted by Crippen LogP contribution is 2.22. The van der Waals surface area contributed by atoms with Gasteiger partial charge in [-0.2, -0.15) is 0 Å². The monoisotopic (exact) mass is 291 g/mol. The molecule has 1 aromatic carbocycles. The van der Waals surface area contributed by atoms with Gasteiger partial charge in [0.1, 0.15) is 0 Å². The van der Waals surface area contributed by atoms with E-state index in [9.17, 15) is 13.5 Å². The van der Waals surface area contributed by atoms with E-state index in [-0.39, 0.29) is 4.90 Å². The molecule has 102 valence electrons. The first kappa shape index (κ1) is 15.4. The molecule has 0 aliphatic carbocycles. The lowest BCUT2D eigenvalue weighted by atomic mass is 10.0. The minimum absolute atomic E-state index is 0.128. The van der Waals surface area contributed by atoms with E-state index >= 15 is 0 Å². The average Bonchev–Trinajstić information content (AvgIpc) is 2.19. The predicted molar refractivity (Wildman–Crippen MR) is 72.3 cm³/mol. The molecule has 1 atom stereocenters. The van der Waals surface area contributed by atoms with Crippen LogP contribution in [0.3, 0.4) is 0 Å². The number of hydrogen-bond acceptors (Lipinski definition) is 3. The topological polar surface area (TPSA) is 66.4 Å². The molecule has 0 fully saturated rings. The van der Waals surface area contributed by atoms with Crippen molar-refractivity contribution in [1.29, 1.82) is 0 Å². The number of aryl methyl sites for hydroxylation is 1. The molecular weight excluding hydrogens is 274 g/mol. The number of halogens is 1. The van der Waals surface area contributed by atoms with Gasteiger partial charge >= 0.3 is 0 Å². The summed E-state index contributed by atoms with van der Waals surface area (Å²) in [7, 11) is -3.71. The van der Waals surface area contributed by atoms with Gasteiger partial charge in [-0.1, -0.05) is 17.7 Å². The Hall–Kier alpha value is -0.620. The first-order chi connectivity index (χ1) is 8.06. The zero-order valence-electron chi connectivity index (χ0n) is 10.9. The molecule has 0 radical (unpaired) electrons. The Kier molecular flexibility index (Phi) is 4.43. The molecule has 0 saturated heterocycles. The molecule has 1 aromatic rings. The van der Waals surface area contributed by atoms with E-state index in [0.29, 0.717) is 10.6 Å². The number of rotatable bonds is 4. The van der Waals surface area contributed by atoms with E-state index in [4.69, 9.17) is 11.6 Å². The van der Waals surface area contributed by atoms with E-state index in [1.165, 1.54) is 13.0 Å². The van der Waals surface area contributed by atoms with Crippen LogP contribution in [-0.4, -0.2) is 25.2 Å². The van der Waals surface area contributed by atoms with E-state index in [1.807, 2.05) is 0 Å². The van der Waals surface area contributed by atoms with Crippen molar-refractivity contribution in [3.05, 3.63) is 28.8 Å². The molecule has 0 aliphatic rings. The normalized spacial score (nSPS) is 14.6. The quantitative estimate of drug-likeness (QED) is 0.893. The van der Waals surface area contributed by atoms with Crippen LogP contribution in [0.4, 0.5) is 0 Å². The molecule has 0 spiro atoms. The number of hydrogen-bond donors (Lipinski definition) is 2. The Morgan fingerprint density at radius 3 is 2.44 bits per heavy atom. The van der Waals surface area contributed by atoms with Crippen molar-refractivity contribution in [2.75, 3.05) is 0 Å². The molecule has 0 heterocycles. The fourth-order valence-electron chi connectivity index (χ4n) is 1.35. The number of sulfonamides is 1. The average molecular weight is 292 g/mol. The van der Waals surface area contributed by atoms with Gasteiger partial charge in [-0.25, -0.2) is 13.1 Å². The molecule has 4 nitrogen and oxygen atoms in total. The van der Waals surface area contributed by atoms with Gasteiger partial charge < -0.3 is 5.11 Å². The summed E-state index contributed by atoms with van der Waals surface area (Å²) in [5.41, 5.74) is -0.346. The zero-order chi connectivity index (χ0) is 14.1. The van der Waals surface area contributed by atoms with Crippen molar-refractivity contribution in [3.8, 4) is 0 Å². The smallest absolute Gasteiger partial charge is 0.241 e. The lowest BCUT2D eigenvalue weighted by Gasteiger charge is -2.29. The van der Waals surface area contributed by atoms with Crippen LogP contribution in [0.5, 0.6) is 0 Å². The number of benzene rings is 1. The highest BCUT2D eigenvalue weighted by Gasteiger charge is 2.31. The third-order valence-electron chi connectivity index (χ3n) is 2.88. The third-order valence-corrected chi connectivity index (χ3v) is 4.93. The molecule has 6 heteroatoms. The van der Waals surface area contributed by atoms with Crippen molar-refractivity contribution >= 4 is 21.6 Å². The molecule has 18 heavy (non-hydrogen) atoms.